The minimum absolute atomic E-state index is 0.111. The monoisotopic (exact) mass is 630 g/mol. The molecule has 1 amide bonds. The average molecular weight is 630 g/mol. The summed E-state index contributed by atoms with van der Waals surface area (Å²) >= 11 is 1.90. The van der Waals surface area contributed by atoms with E-state index in [0.29, 0.717) is 27.2 Å². The fourth-order valence-electron chi connectivity index (χ4n) is 3.20. The van der Waals surface area contributed by atoms with Gasteiger partial charge in [0.2, 0.25) is 5.75 Å². The molecule has 194 valence electrons. The number of ether oxygens (including phenoxy) is 3. The molecule has 0 unspecified atom stereocenters. The number of nitrogens with zero attached hydrogens (tertiary/aromatic N) is 3. The van der Waals surface area contributed by atoms with Crippen LogP contribution < -0.4 is 19.5 Å². The second kappa shape index (κ2) is 12.5. The Morgan fingerprint density at radius 2 is 1.79 bits per heavy atom. The Balaban J connectivity index is 1.90. The number of nitro benzene ring substituents is 2. The molecule has 12 nitrogen and oxygen atoms in total. The fraction of sp³-hybridized carbons (Fsp3) is 0.120. The zero-order valence-corrected chi connectivity index (χ0v) is 22.1. The van der Waals surface area contributed by atoms with Crippen molar-refractivity contribution in [1.29, 1.82) is 5.26 Å². The molecule has 0 saturated heterocycles. The molecule has 0 fully saturated rings. The SMILES string of the molecule is CCOc1ccc(NC(=O)/C(C#N)=C/c2cc(I)c(Oc3ccc([N+](=O)[O-])cc3[N+](=O)[O-])c(OC)c2)cc1. The molecule has 0 saturated carbocycles. The summed E-state index contributed by atoms with van der Waals surface area (Å²) in [5.41, 5.74) is -0.343. The van der Waals surface area contributed by atoms with E-state index in [-0.39, 0.29) is 22.8 Å². The third-order valence-corrected chi connectivity index (χ3v) is 5.71. The molecule has 38 heavy (non-hydrogen) atoms. The van der Waals surface area contributed by atoms with Crippen LogP contribution in [-0.4, -0.2) is 29.5 Å². The molecule has 3 aromatic carbocycles. The Labute approximate surface area is 229 Å². The van der Waals surface area contributed by atoms with Crippen LogP contribution in [0.4, 0.5) is 17.1 Å². The molecule has 0 atom stereocenters. The molecular weight excluding hydrogens is 611 g/mol. The summed E-state index contributed by atoms with van der Waals surface area (Å²) in [5, 5.41) is 34.7. The van der Waals surface area contributed by atoms with Gasteiger partial charge in [-0.25, -0.2) is 0 Å². The van der Waals surface area contributed by atoms with Gasteiger partial charge in [-0.1, -0.05) is 0 Å². The van der Waals surface area contributed by atoms with Crippen molar-refractivity contribution in [3.8, 4) is 29.1 Å². The molecule has 3 rings (SSSR count). The Bertz CT molecular complexity index is 1470. The van der Waals surface area contributed by atoms with E-state index in [9.17, 15) is 30.3 Å². The third-order valence-electron chi connectivity index (χ3n) is 4.91. The predicted molar refractivity (Wildman–Crippen MR) is 145 cm³/mol. The fourth-order valence-corrected chi connectivity index (χ4v) is 3.93. The summed E-state index contributed by atoms with van der Waals surface area (Å²) in [4.78, 5) is 33.6. The zero-order chi connectivity index (χ0) is 27.8. The Hall–Kier alpha value is -4.71. The second-order valence-electron chi connectivity index (χ2n) is 7.38. The van der Waals surface area contributed by atoms with Crippen molar-refractivity contribution >= 4 is 51.6 Å². The molecule has 0 aliphatic heterocycles. The number of amides is 1. The molecule has 0 aromatic heterocycles. The minimum atomic E-state index is -0.791. The van der Waals surface area contributed by atoms with Gasteiger partial charge in [0.25, 0.3) is 11.6 Å². The standard InChI is InChI=1S/C25H19IN4O8/c1-3-37-19-7-4-17(5-8-19)28-25(31)16(14-27)10-15-11-20(26)24(23(12-15)36-2)38-22-9-6-18(29(32)33)13-21(22)30(34)35/h4-13H,3H2,1-2H3,(H,28,31)/b16-10+. The maximum absolute atomic E-state index is 12.7. The number of nitriles is 1. The van der Waals surface area contributed by atoms with Crippen molar-refractivity contribution in [2.45, 2.75) is 6.92 Å². The first-order valence-electron chi connectivity index (χ1n) is 10.8. The third kappa shape index (κ3) is 6.73. The van der Waals surface area contributed by atoms with Gasteiger partial charge in [0.1, 0.15) is 17.4 Å². The summed E-state index contributed by atoms with van der Waals surface area (Å²) in [6.45, 7) is 2.36. The van der Waals surface area contributed by atoms with Crippen molar-refractivity contribution in [3.05, 3.63) is 89.5 Å². The van der Waals surface area contributed by atoms with Gasteiger partial charge in [-0.2, -0.15) is 5.26 Å². The van der Waals surface area contributed by atoms with Crippen molar-refractivity contribution in [3.63, 3.8) is 0 Å². The number of benzene rings is 3. The highest BCUT2D eigenvalue weighted by Crippen LogP contribution is 2.41. The van der Waals surface area contributed by atoms with E-state index in [2.05, 4.69) is 5.32 Å². The molecule has 0 aliphatic carbocycles. The highest BCUT2D eigenvalue weighted by molar-refractivity contribution is 14.1. The number of non-ortho nitro benzene ring substituents is 1. The first-order valence-corrected chi connectivity index (χ1v) is 11.9. The normalized spacial score (nSPS) is 10.7. The molecule has 0 radical (unpaired) electrons. The van der Waals surface area contributed by atoms with Crippen LogP contribution in [0.5, 0.6) is 23.0 Å². The van der Waals surface area contributed by atoms with Gasteiger partial charge in [-0.05, 0) is 83.6 Å². The van der Waals surface area contributed by atoms with Gasteiger partial charge in [-0.3, -0.25) is 25.0 Å². The number of anilines is 1. The number of halogens is 1. The number of carbonyl (C=O) groups is 1. The van der Waals surface area contributed by atoms with Crippen LogP contribution >= 0.6 is 22.6 Å². The molecule has 13 heteroatoms. The van der Waals surface area contributed by atoms with E-state index in [1.807, 2.05) is 35.6 Å². The van der Waals surface area contributed by atoms with Crippen molar-refractivity contribution in [2.24, 2.45) is 0 Å². The lowest BCUT2D eigenvalue weighted by atomic mass is 10.1. The molecular formula is C25H19IN4O8. The first-order chi connectivity index (χ1) is 18.2. The molecule has 0 heterocycles. The molecule has 0 bridgehead atoms. The Morgan fingerprint density at radius 1 is 1.08 bits per heavy atom. The molecule has 0 spiro atoms. The van der Waals surface area contributed by atoms with Gasteiger partial charge in [0.05, 0.1) is 33.2 Å². The van der Waals surface area contributed by atoms with E-state index in [0.717, 1.165) is 18.2 Å². The minimum Gasteiger partial charge on any atom is -0.494 e. The highest BCUT2D eigenvalue weighted by atomic mass is 127. The number of hydrogen-bond acceptors (Lipinski definition) is 9. The summed E-state index contributed by atoms with van der Waals surface area (Å²) < 4.78 is 16.9. The smallest absolute Gasteiger partial charge is 0.318 e. The van der Waals surface area contributed by atoms with Crippen LogP contribution in [0.3, 0.4) is 0 Å². The van der Waals surface area contributed by atoms with Crippen LogP contribution in [0.2, 0.25) is 0 Å². The number of nitro groups is 2. The molecule has 3 aromatic rings. The van der Waals surface area contributed by atoms with Crippen LogP contribution in [0.25, 0.3) is 6.08 Å². The molecule has 0 aliphatic rings. The van der Waals surface area contributed by atoms with Gasteiger partial charge in [-0.15, -0.1) is 0 Å². The first kappa shape index (κ1) is 27.9. The topological polar surface area (TPSA) is 167 Å². The van der Waals surface area contributed by atoms with Crippen molar-refractivity contribution in [2.75, 3.05) is 19.0 Å². The highest BCUT2D eigenvalue weighted by Gasteiger charge is 2.23. The van der Waals surface area contributed by atoms with Crippen LogP contribution in [-0.2, 0) is 4.79 Å². The lowest BCUT2D eigenvalue weighted by Gasteiger charge is -2.13. The quantitative estimate of drug-likeness (QED) is 0.0950. The Morgan fingerprint density at radius 3 is 2.37 bits per heavy atom. The van der Waals surface area contributed by atoms with Gasteiger partial charge < -0.3 is 19.5 Å². The lowest BCUT2D eigenvalue weighted by Crippen LogP contribution is -2.13. The van der Waals surface area contributed by atoms with Crippen molar-refractivity contribution in [1.82, 2.24) is 0 Å². The van der Waals surface area contributed by atoms with Crippen LogP contribution in [0.15, 0.2) is 60.2 Å². The van der Waals surface area contributed by atoms with E-state index < -0.39 is 27.1 Å². The van der Waals surface area contributed by atoms with E-state index in [1.54, 1.807) is 30.3 Å². The summed E-state index contributed by atoms with van der Waals surface area (Å²) in [7, 11) is 1.35. The van der Waals surface area contributed by atoms with Crippen LogP contribution in [0, 0.1) is 35.1 Å². The number of carbonyl (C=O) groups excluding carboxylic acids is 1. The predicted octanol–water partition coefficient (Wildman–Crippen LogP) is 5.85. The van der Waals surface area contributed by atoms with E-state index in [4.69, 9.17) is 14.2 Å². The maximum atomic E-state index is 12.7. The summed E-state index contributed by atoms with van der Waals surface area (Å²) in [6.07, 6.45) is 1.35. The molecule has 1 N–H and O–H groups in total. The summed E-state index contributed by atoms with van der Waals surface area (Å²) in [6, 6.07) is 14.6. The largest absolute Gasteiger partial charge is 0.494 e. The average Bonchev–Trinajstić information content (AvgIpc) is 2.89. The van der Waals surface area contributed by atoms with Crippen molar-refractivity contribution < 1.29 is 28.9 Å². The number of nitrogens with one attached hydrogen (secondary N) is 1. The maximum Gasteiger partial charge on any atom is 0.318 e. The summed E-state index contributed by atoms with van der Waals surface area (Å²) in [5.74, 6) is 0.0455. The number of methoxy groups -OCH3 is 1. The number of hydrogen-bond donors (Lipinski definition) is 1. The Kier molecular flexibility index (Phi) is 9.17. The lowest BCUT2D eigenvalue weighted by molar-refractivity contribution is -0.394. The van der Waals surface area contributed by atoms with Crippen LogP contribution in [0.1, 0.15) is 12.5 Å². The van der Waals surface area contributed by atoms with E-state index >= 15 is 0 Å². The second-order valence-corrected chi connectivity index (χ2v) is 8.55. The van der Waals surface area contributed by atoms with Gasteiger partial charge >= 0.3 is 5.69 Å². The van der Waals surface area contributed by atoms with Gasteiger partial charge in [0, 0.05) is 11.8 Å². The van der Waals surface area contributed by atoms with E-state index in [1.165, 1.54) is 19.3 Å². The zero-order valence-electron chi connectivity index (χ0n) is 20.0. The number of rotatable bonds is 10. The van der Waals surface area contributed by atoms with Gasteiger partial charge in [0.15, 0.2) is 11.5 Å².